The maximum Gasteiger partial charge on any atom is 0.0372 e. The number of hydrogen-bond donors (Lipinski definition) is 1. The zero-order chi connectivity index (χ0) is 6.69. The largest absolute Gasteiger partial charge is 0.326 e. The minimum absolute atomic E-state index is 0. The Kier molecular flexibility index (Phi) is 7.74. The fourth-order valence-electron chi connectivity index (χ4n) is 0.619. The molecule has 1 heterocycles. The van der Waals surface area contributed by atoms with Gasteiger partial charge in [0.25, 0.3) is 0 Å². The molecule has 11 heavy (non-hydrogen) atoms. The molecule has 0 saturated heterocycles. The summed E-state index contributed by atoms with van der Waals surface area (Å²) in [6, 6.07) is 3.95. The van der Waals surface area contributed by atoms with Gasteiger partial charge >= 0.3 is 0 Å². The molecule has 4 heteroatoms. The molecule has 0 aliphatic rings. The minimum atomic E-state index is 0. The van der Waals surface area contributed by atoms with Crippen LogP contribution < -0.4 is 5.73 Å². The average molecular weight is 195 g/mol. The Morgan fingerprint density at radius 3 is 2.36 bits per heavy atom. The summed E-state index contributed by atoms with van der Waals surface area (Å²) in [7, 11) is 0. The van der Waals surface area contributed by atoms with E-state index in [9.17, 15) is 0 Å². The van der Waals surface area contributed by atoms with Crippen molar-refractivity contribution in [3.05, 3.63) is 29.6 Å². The standard InChI is InChI=1S/C7H10N2.2ClH/c1-6-2-3-7(4-8)5-9-6;;/h2-3,5H,4,8H2,1H3;2*1H. The van der Waals surface area contributed by atoms with Crippen LogP contribution in [0.3, 0.4) is 0 Å². The van der Waals surface area contributed by atoms with Crippen molar-refractivity contribution in [2.45, 2.75) is 13.5 Å². The van der Waals surface area contributed by atoms with Crippen molar-refractivity contribution >= 4 is 24.8 Å². The highest BCUT2D eigenvalue weighted by molar-refractivity contribution is 5.85. The Morgan fingerprint density at radius 1 is 1.36 bits per heavy atom. The first kappa shape index (κ1) is 13.3. The van der Waals surface area contributed by atoms with Gasteiger partial charge in [0.2, 0.25) is 0 Å². The molecule has 0 amide bonds. The highest BCUT2D eigenvalue weighted by atomic mass is 35.5. The van der Waals surface area contributed by atoms with E-state index < -0.39 is 0 Å². The summed E-state index contributed by atoms with van der Waals surface area (Å²) in [6.45, 7) is 2.54. The third-order valence-electron chi connectivity index (χ3n) is 1.21. The highest BCUT2D eigenvalue weighted by Gasteiger charge is 1.86. The lowest BCUT2D eigenvalue weighted by Crippen LogP contribution is -1.96. The monoisotopic (exact) mass is 194 g/mol. The molecule has 0 bridgehead atoms. The van der Waals surface area contributed by atoms with E-state index in [1.165, 1.54) is 0 Å². The van der Waals surface area contributed by atoms with Crippen LogP contribution in [0, 0.1) is 6.92 Å². The molecule has 0 unspecified atom stereocenters. The van der Waals surface area contributed by atoms with Crippen LogP contribution in [-0.2, 0) is 6.54 Å². The number of halogens is 2. The van der Waals surface area contributed by atoms with Crippen LogP contribution in [0.15, 0.2) is 18.3 Å². The summed E-state index contributed by atoms with van der Waals surface area (Å²) in [6.07, 6.45) is 1.80. The third-order valence-corrected chi connectivity index (χ3v) is 1.21. The molecule has 0 radical (unpaired) electrons. The van der Waals surface area contributed by atoms with E-state index >= 15 is 0 Å². The zero-order valence-electron chi connectivity index (χ0n) is 6.28. The Hall–Kier alpha value is -0.310. The summed E-state index contributed by atoms with van der Waals surface area (Å²) in [5, 5.41) is 0. The molecule has 0 fully saturated rings. The smallest absolute Gasteiger partial charge is 0.0372 e. The van der Waals surface area contributed by atoms with Gasteiger partial charge < -0.3 is 5.73 Å². The van der Waals surface area contributed by atoms with Crippen LogP contribution in [0.25, 0.3) is 0 Å². The van der Waals surface area contributed by atoms with Gasteiger partial charge in [0, 0.05) is 18.4 Å². The predicted molar refractivity (Wildman–Crippen MR) is 51.4 cm³/mol. The van der Waals surface area contributed by atoms with E-state index in [-0.39, 0.29) is 24.8 Å². The van der Waals surface area contributed by atoms with E-state index in [1.807, 2.05) is 19.1 Å². The number of nitrogens with two attached hydrogens (primary N) is 1. The van der Waals surface area contributed by atoms with Gasteiger partial charge in [0.15, 0.2) is 0 Å². The zero-order valence-corrected chi connectivity index (χ0v) is 7.91. The van der Waals surface area contributed by atoms with Crippen LogP contribution in [0.1, 0.15) is 11.3 Å². The van der Waals surface area contributed by atoms with E-state index in [1.54, 1.807) is 6.20 Å². The highest BCUT2D eigenvalue weighted by Crippen LogP contribution is 1.96. The molecular weight excluding hydrogens is 183 g/mol. The molecule has 0 aliphatic heterocycles. The summed E-state index contributed by atoms with van der Waals surface area (Å²) in [5.41, 5.74) is 7.48. The molecule has 1 aromatic rings. The summed E-state index contributed by atoms with van der Waals surface area (Å²) < 4.78 is 0. The number of nitrogens with zero attached hydrogens (tertiary/aromatic N) is 1. The summed E-state index contributed by atoms with van der Waals surface area (Å²) in [5.74, 6) is 0. The van der Waals surface area contributed by atoms with E-state index in [2.05, 4.69) is 4.98 Å². The van der Waals surface area contributed by atoms with Gasteiger partial charge in [-0.1, -0.05) is 6.07 Å². The van der Waals surface area contributed by atoms with Gasteiger partial charge in [0.05, 0.1) is 0 Å². The first-order chi connectivity index (χ1) is 4.33. The number of aryl methyl sites for hydroxylation is 1. The lowest BCUT2D eigenvalue weighted by molar-refractivity contribution is 1.03. The molecule has 1 rings (SSSR count). The van der Waals surface area contributed by atoms with Crippen molar-refractivity contribution in [3.8, 4) is 0 Å². The first-order valence-corrected chi connectivity index (χ1v) is 2.94. The lowest BCUT2D eigenvalue weighted by Gasteiger charge is -1.93. The SMILES string of the molecule is Cc1ccc(CN)cn1.Cl.Cl. The maximum atomic E-state index is 5.36. The van der Waals surface area contributed by atoms with Gasteiger partial charge in [-0.25, -0.2) is 0 Å². The molecule has 0 atom stereocenters. The maximum absolute atomic E-state index is 5.36. The minimum Gasteiger partial charge on any atom is -0.326 e. The molecule has 0 saturated carbocycles. The molecule has 0 aromatic carbocycles. The van der Waals surface area contributed by atoms with Crippen molar-refractivity contribution in [2.24, 2.45) is 5.73 Å². The molecule has 2 N–H and O–H groups in total. The van der Waals surface area contributed by atoms with Crippen LogP contribution >= 0.6 is 24.8 Å². The Labute approximate surface area is 79.0 Å². The number of pyridine rings is 1. The Morgan fingerprint density at radius 2 is 2.00 bits per heavy atom. The second kappa shape index (κ2) is 6.40. The van der Waals surface area contributed by atoms with Crippen LogP contribution in [0.4, 0.5) is 0 Å². The quantitative estimate of drug-likeness (QED) is 0.740. The van der Waals surface area contributed by atoms with Crippen molar-refractivity contribution in [2.75, 3.05) is 0 Å². The van der Waals surface area contributed by atoms with E-state index in [4.69, 9.17) is 5.73 Å². The van der Waals surface area contributed by atoms with E-state index in [0.717, 1.165) is 11.3 Å². The lowest BCUT2D eigenvalue weighted by atomic mass is 10.2. The summed E-state index contributed by atoms with van der Waals surface area (Å²) >= 11 is 0. The molecule has 0 spiro atoms. The second-order valence-electron chi connectivity index (χ2n) is 2.01. The van der Waals surface area contributed by atoms with Crippen molar-refractivity contribution in [1.29, 1.82) is 0 Å². The van der Waals surface area contributed by atoms with Gasteiger partial charge in [-0.15, -0.1) is 24.8 Å². The van der Waals surface area contributed by atoms with E-state index in [0.29, 0.717) is 6.54 Å². The van der Waals surface area contributed by atoms with Crippen LogP contribution in [0.2, 0.25) is 0 Å². The number of rotatable bonds is 1. The molecule has 64 valence electrons. The molecule has 1 aromatic heterocycles. The third kappa shape index (κ3) is 4.19. The van der Waals surface area contributed by atoms with Crippen molar-refractivity contribution < 1.29 is 0 Å². The summed E-state index contributed by atoms with van der Waals surface area (Å²) in [4.78, 5) is 4.07. The Bertz CT molecular complexity index is 186. The Balaban J connectivity index is 0. The normalized spacial score (nSPS) is 7.82. The second-order valence-corrected chi connectivity index (χ2v) is 2.01. The topological polar surface area (TPSA) is 38.9 Å². The van der Waals surface area contributed by atoms with Crippen LogP contribution in [0.5, 0.6) is 0 Å². The fraction of sp³-hybridized carbons (Fsp3) is 0.286. The van der Waals surface area contributed by atoms with Gasteiger partial charge in [-0.05, 0) is 18.6 Å². The number of aromatic nitrogens is 1. The van der Waals surface area contributed by atoms with Gasteiger partial charge in [0.1, 0.15) is 0 Å². The molecular formula is C7H12Cl2N2. The molecule has 2 nitrogen and oxygen atoms in total. The fourth-order valence-corrected chi connectivity index (χ4v) is 0.619. The van der Waals surface area contributed by atoms with Crippen molar-refractivity contribution in [3.63, 3.8) is 0 Å². The average Bonchev–Trinajstić information content (AvgIpc) is 1.90. The molecule has 0 aliphatic carbocycles. The number of hydrogen-bond acceptors (Lipinski definition) is 2. The van der Waals surface area contributed by atoms with Crippen molar-refractivity contribution in [1.82, 2.24) is 4.98 Å². The predicted octanol–water partition coefficient (Wildman–Crippen LogP) is 1.69. The van der Waals surface area contributed by atoms with Gasteiger partial charge in [-0.3, -0.25) is 4.98 Å². The van der Waals surface area contributed by atoms with Gasteiger partial charge in [-0.2, -0.15) is 0 Å². The first-order valence-electron chi connectivity index (χ1n) is 2.94. The van der Waals surface area contributed by atoms with Crippen LogP contribution in [-0.4, -0.2) is 4.98 Å².